The number of aromatic nitrogens is 3. The molecule has 0 aliphatic heterocycles. The second-order valence-corrected chi connectivity index (χ2v) is 7.12. The van der Waals surface area contributed by atoms with Crippen LogP contribution in [0.1, 0.15) is 13.8 Å². The first-order chi connectivity index (χ1) is 10.7. The quantitative estimate of drug-likeness (QED) is 0.801. The summed E-state index contributed by atoms with van der Waals surface area (Å²) in [5, 5.41) is 7.48. The Labute approximate surface area is 132 Å². The third-order valence-electron chi connectivity index (χ3n) is 2.84. The van der Waals surface area contributed by atoms with Crippen molar-refractivity contribution >= 4 is 9.84 Å². The van der Waals surface area contributed by atoms with Gasteiger partial charge in [0.15, 0.2) is 16.4 Å². The fourth-order valence-electron chi connectivity index (χ4n) is 1.71. The molecule has 0 fully saturated rings. The summed E-state index contributed by atoms with van der Waals surface area (Å²) in [6, 6.07) is 5.71. The summed E-state index contributed by atoms with van der Waals surface area (Å²) in [6.45, 7) is 1.43. The van der Waals surface area contributed by atoms with Gasteiger partial charge in [-0.2, -0.15) is 0 Å². The molecule has 124 valence electrons. The molecule has 0 unspecified atom stereocenters. The molecular weight excluding hydrogens is 328 g/mol. The first-order valence-electron chi connectivity index (χ1n) is 6.75. The highest BCUT2D eigenvalue weighted by Gasteiger charge is 2.23. The lowest BCUT2D eigenvalue weighted by molar-refractivity contribution is -0.0244. The van der Waals surface area contributed by atoms with E-state index in [1.165, 1.54) is 37.4 Å². The zero-order chi connectivity index (χ0) is 17.1. The summed E-state index contributed by atoms with van der Waals surface area (Å²) in [7, 11) is -3.48. The second-order valence-electron chi connectivity index (χ2n) is 4.87. The molecule has 0 aromatic carbocycles. The maximum Gasteiger partial charge on any atom is 0.278 e. The van der Waals surface area contributed by atoms with Crippen molar-refractivity contribution in [2.24, 2.45) is 0 Å². The highest BCUT2D eigenvalue weighted by atomic mass is 32.2. The Hall–Kier alpha value is -2.16. The van der Waals surface area contributed by atoms with E-state index in [2.05, 4.69) is 15.2 Å². The number of hydrogen-bond donors (Lipinski definition) is 0. The van der Waals surface area contributed by atoms with Gasteiger partial charge in [0.2, 0.25) is 5.88 Å². The molecule has 2 rings (SSSR count). The zero-order valence-corrected chi connectivity index (χ0v) is 13.3. The Balaban J connectivity index is 2.31. The van der Waals surface area contributed by atoms with E-state index in [-0.39, 0.29) is 27.9 Å². The van der Waals surface area contributed by atoms with Crippen LogP contribution in [0.5, 0.6) is 5.88 Å². The standard InChI is InChI=1S/C14H15F2N3O3S/c1-3-23(20,21)11-5-4-8-17-13(11)10-6-7-12(19-18-10)22-9-14(2,15)16/h4-8H,3,9H2,1-2H3. The van der Waals surface area contributed by atoms with E-state index in [0.29, 0.717) is 0 Å². The van der Waals surface area contributed by atoms with E-state index in [1.807, 2.05) is 0 Å². The molecular formula is C14H15F2N3O3S. The van der Waals surface area contributed by atoms with Crippen molar-refractivity contribution < 1.29 is 21.9 Å². The minimum absolute atomic E-state index is 0.0468. The lowest BCUT2D eigenvalue weighted by Gasteiger charge is -2.11. The van der Waals surface area contributed by atoms with Crippen molar-refractivity contribution in [2.45, 2.75) is 24.7 Å². The van der Waals surface area contributed by atoms with Gasteiger partial charge in [-0.05, 0) is 18.2 Å². The van der Waals surface area contributed by atoms with Crippen LogP contribution < -0.4 is 4.74 Å². The Morgan fingerprint density at radius 3 is 2.52 bits per heavy atom. The predicted octanol–water partition coefficient (Wildman–Crippen LogP) is 2.37. The van der Waals surface area contributed by atoms with E-state index in [1.54, 1.807) is 0 Å². The lowest BCUT2D eigenvalue weighted by atomic mass is 10.2. The minimum atomic E-state index is -3.48. The molecule has 0 aliphatic rings. The maximum atomic E-state index is 12.7. The van der Waals surface area contributed by atoms with Gasteiger partial charge in [0.1, 0.15) is 11.4 Å². The van der Waals surface area contributed by atoms with Crippen LogP contribution in [0.4, 0.5) is 8.78 Å². The molecule has 0 saturated carbocycles. The Kier molecular flexibility index (Phi) is 4.88. The zero-order valence-electron chi connectivity index (χ0n) is 12.5. The molecule has 0 bridgehead atoms. The molecule has 0 saturated heterocycles. The van der Waals surface area contributed by atoms with Crippen LogP contribution in [0.15, 0.2) is 35.4 Å². The number of ether oxygens (including phenoxy) is 1. The minimum Gasteiger partial charge on any atom is -0.470 e. The summed E-state index contributed by atoms with van der Waals surface area (Å²) in [6.07, 6.45) is 1.44. The molecule has 0 spiro atoms. The van der Waals surface area contributed by atoms with Gasteiger partial charge in [0.05, 0.1) is 10.6 Å². The van der Waals surface area contributed by atoms with Gasteiger partial charge in [-0.1, -0.05) is 6.92 Å². The molecule has 23 heavy (non-hydrogen) atoms. The molecule has 6 nitrogen and oxygen atoms in total. The van der Waals surface area contributed by atoms with E-state index in [9.17, 15) is 17.2 Å². The van der Waals surface area contributed by atoms with Crippen LogP contribution in [-0.4, -0.2) is 41.9 Å². The largest absolute Gasteiger partial charge is 0.470 e. The van der Waals surface area contributed by atoms with E-state index < -0.39 is 22.4 Å². The first-order valence-corrected chi connectivity index (χ1v) is 8.40. The number of nitrogens with zero attached hydrogens (tertiary/aromatic N) is 3. The van der Waals surface area contributed by atoms with E-state index in [0.717, 1.165) is 6.92 Å². The normalized spacial score (nSPS) is 12.2. The maximum absolute atomic E-state index is 12.7. The molecule has 2 aromatic heterocycles. The molecule has 2 aromatic rings. The van der Waals surface area contributed by atoms with Crippen LogP contribution in [0.2, 0.25) is 0 Å². The number of pyridine rings is 1. The molecule has 0 radical (unpaired) electrons. The molecule has 9 heteroatoms. The Morgan fingerprint density at radius 1 is 1.22 bits per heavy atom. The molecule has 2 heterocycles. The highest BCUT2D eigenvalue weighted by Crippen LogP contribution is 2.24. The summed E-state index contributed by atoms with van der Waals surface area (Å²) in [5.41, 5.74) is 0.377. The highest BCUT2D eigenvalue weighted by molar-refractivity contribution is 7.91. The van der Waals surface area contributed by atoms with Crippen molar-refractivity contribution in [1.82, 2.24) is 15.2 Å². The molecule has 0 atom stereocenters. The number of rotatable bonds is 6. The van der Waals surface area contributed by atoms with Crippen molar-refractivity contribution in [3.63, 3.8) is 0 Å². The predicted molar refractivity (Wildman–Crippen MR) is 79.1 cm³/mol. The fourth-order valence-corrected chi connectivity index (χ4v) is 2.76. The average Bonchev–Trinajstić information content (AvgIpc) is 2.53. The SMILES string of the molecule is CCS(=O)(=O)c1cccnc1-c1ccc(OCC(C)(F)F)nn1. The van der Waals surface area contributed by atoms with Gasteiger partial charge >= 0.3 is 0 Å². The van der Waals surface area contributed by atoms with Crippen LogP contribution in [-0.2, 0) is 9.84 Å². The number of halogens is 2. The summed E-state index contributed by atoms with van der Waals surface area (Å²) in [4.78, 5) is 4.08. The number of sulfone groups is 1. The Bertz CT molecular complexity index is 775. The van der Waals surface area contributed by atoms with Crippen molar-refractivity contribution in [1.29, 1.82) is 0 Å². The van der Waals surface area contributed by atoms with Gasteiger partial charge in [-0.3, -0.25) is 4.98 Å². The van der Waals surface area contributed by atoms with Crippen molar-refractivity contribution in [3.8, 4) is 17.3 Å². The summed E-state index contributed by atoms with van der Waals surface area (Å²) in [5.74, 6) is -3.14. The van der Waals surface area contributed by atoms with Crippen LogP contribution >= 0.6 is 0 Å². The average molecular weight is 343 g/mol. The fraction of sp³-hybridized carbons (Fsp3) is 0.357. The third kappa shape index (κ3) is 4.41. The van der Waals surface area contributed by atoms with Gasteiger partial charge in [-0.15, -0.1) is 10.2 Å². The van der Waals surface area contributed by atoms with Crippen LogP contribution in [0.3, 0.4) is 0 Å². The van der Waals surface area contributed by atoms with Gasteiger partial charge < -0.3 is 4.74 Å². The monoisotopic (exact) mass is 343 g/mol. The smallest absolute Gasteiger partial charge is 0.278 e. The van der Waals surface area contributed by atoms with Crippen molar-refractivity contribution in [2.75, 3.05) is 12.4 Å². The van der Waals surface area contributed by atoms with Gasteiger partial charge in [-0.25, -0.2) is 17.2 Å². The summed E-state index contributed by atoms with van der Waals surface area (Å²) < 4.78 is 54.4. The summed E-state index contributed by atoms with van der Waals surface area (Å²) >= 11 is 0. The second kappa shape index (κ2) is 6.53. The molecule has 0 amide bonds. The molecule has 0 N–H and O–H groups in total. The van der Waals surface area contributed by atoms with Crippen LogP contribution in [0, 0.1) is 0 Å². The van der Waals surface area contributed by atoms with Gasteiger partial charge in [0, 0.05) is 19.2 Å². The van der Waals surface area contributed by atoms with Gasteiger partial charge in [0.25, 0.3) is 5.92 Å². The third-order valence-corrected chi connectivity index (χ3v) is 4.60. The molecule has 0 aliphatic carbocycles. The van der Waals surface area contributed by atoms with E-state index >= 15 is 0 Å². The number of alkyl halides is 2. The Morgan fingerprint density at radius 2 is 1.96 bits per heavy atom. The first kappa shape index (κ1) is 17.2. The van der Waals surface area contributed by atoms with E-state index in [4.69, 9.17) is 4.74 Å². The topological polar surface area (TPSA) is 82.0 Å². The lowest BCUT2D eigenvalue weighted by Crippen LogP contribution is -2.21. The van der Waals surface area contributed by atoms with Crippen LogP contribution in [0.25, 0.3) is 11.4 Å². The number of hydrogen-bond acceptors (Lipinski definition) is 6. The van der Waals surface area contributed by atoms with Crippen molar-refractivity contribution in [3.05, 3.63) is 30.5 Å².